The fourth-order valence-electron chi connectivity index (χ4n) is 2.70. The van der Waals surface area contributed by atoms with Crippen molar-refractivity contribution in [3.05, 3.63) is 74.3 Å². The summed E-state index contributed by atoms with van der Waals surface area (Å²) < 4.78 is 12.7. The summed E-state index contributed by atoms with van der Waals surface area (Å²) in [7, 11) is 1.50. The third-order valence-electron chi connectivity index (χ3n) is 4.09. The normalized spacial score (nSPS) is 11.6. The fraction of sp³-hybridized carbons (Fsp3) is 0.100. The molecule has 10 heteroatoms. The quantitative estimate of drug-likeness (QED) is 0.492. The van der Waals surface area contributed by atoms with Crippen molar-refractivity contribution in [1.82, 2.24) is 14.6 Å². The van der Waals surface area contributed by atoms with Crippen LogP contribution < -0.4 is 24.9 Å². The molecule has 0 saturated carbocycles. The number of fused-ring (bicyclic) bond motifs is 1. The van der Waals surface area contributed by atoms with Gasteiger partial charge in [0.2, 0.25) is 4.96 Å². The minimum Gasteiger partial charge on any atom is -0.493 e. The molecule has 0 aliphatic rings. The standard InChI is InChI=1S/C20H15ClN4O4S/c1-28-16-8-12(9-17-19(27)25-20(30-17)22-11-23-25)2-7-15(16)29-10-18(26)24-14-5-3-13(21)4-6-14/h2-9,11H,10H2,1H3,(H,24,26)/b17-9-. The van der Waals surface area contributed by atoms with Crippen molar-refractivity contribution in [2.45, 2.75) is 0 Å². The van der Waals surface area contributed by atoms with Gasteiger partial charge in [0, 0.05) is 10.7 Å². The first-order valence-corrected chi connectivity index (χ1v) is 9.93. The van der Waals surface area contributed by atoms with Crippen LogP contribution in [-0.2, 0) is 4.79 Å². The van der Waals surface area contributed by atoms with Crippen LogP contribution in [0.5, 0.6) is 11.5 Å². The number of anilines is 1. The van der Waals surface area contributed by atoms with Crippen LogP contribution in [-0.4, -0.2) is 34.2 Å². The van der Waals surface area contributed by atoms with Gasteiger partial charge in [-0.25, -0.2) is 4.98 Å². The minimum absolute atomic E-state index is 0.194. The van der Waals surface area contributed by atoms with E-state index in [0.29, 0.717) is 31.7 Å². The van der Waals surface area contributed by atoms with Gasteiger partial charge in [0.15, 0.2) is 18.1 Å². The number of hydrogen-bond donors (Lipinski definition) is 1. The maximum Gasteiger partial charge on any atom is 0.291 e. The molecule has 0 fully saturated rings. The Morgan fingerprint density at radius 1 is 1.23 bits per heavy atom. The summed E-state index contributed by atoms with van der Waals surface area (Å²) in [5.74, 6) is 0.529. The van der Waals surface area contributed by atoms with E-state index in [0.717, 1.165) is 5.56 Å². The van der Waals surface area contributed by atoms with Gasteiger partial charge in [-0.05, 0) is 48.0 Å². The number of nitrogens with one attached hydrogen (secondary N) is 1. The van der Waals surface area contributed by atoms with Crippen molar-refractivity contribution in [1.29, 1.82) is 0 Å². The summed E-state index contributed by atoms with van der Waals surface area (Å²) in [6.07, 6.45) is 3.07. The minimum atomic E-state index is -0.319. The highest BCUT2D eigenvalue weighted by molar-refractivity contribution is 7.15. The number of methoxy groups -OCH3 is 1. The van der Waals surface area contributed by atoms with Crippen LogP contribution >= 0.6 is 22.9 Å². The zero-order chi connectivity index (χ0) is 21.1. The van der Waals surface area contributed by atoms with E-state index >= 15 is 0 Å². The van der Waals surface area contributed by atoms with E-state index < -0.39 is 0 Å². The molecule has 8 nitrogen and oxygen atoms in total. The average molecular weight is 443 g/mol. The summed E-state index contributed by atoms with van der Waals surface area (Å²) in [6.45, 7) is -0.194. The SMILES string of the molecule is COc1cc(/C=c2\sc3ncnn3c2=O)ccc1OCC(=O)Nc1ccc(Cl)cc1. The number of carbonyl (C=O) groups is 1. The number of amides is 1. The van der Waals surface area contributed by atoms with Crippen LogP contribution in [0.3, 0.4) is 0 Å². The molecule has 0 atom stereocenters. The zero-order valence-corrected chi connectivity index (χ0v) is 17.2. The number of thiazole rings is 1. The second-order valence-corrected chi connectivity index (χ2v) is 7.57. The van der Waals surface area contributed by atoms with Gasteiger partial charge in [0.1, 0.15) is 6.33 Å². The van der Waals surface area contributed by atoms with Crippen LogP contribution in [0.4, 0.5) is 5.69 Å². The molecule has 2 heterocycles. The van der Waals surface area contributed by atoms with Crippen molar-refractivity contribution in [3.63, 3.8) is 0 Å². The molecular formula is C20H15ClN4O4S. The summed E-state index contributed by atoms with van der Waals surface area (Å²) in [5.41, 5.74) is 1.13. The van der Waals surface area contributed by atoms with Crippen molar-refractivity contribution in [2.75, 3.05) is 19.0 Å². The molecule has 4 aromatic rings. The molecule has 2 aromatic carbocycles. The lowest BCUT2D eigenvalue weighted by atomic mass is 10.2. The second-order valence-electron chi connectivity index (χ2n) is 6.12. The van der Waals surface area contributed by atoms with Crippen molar-refractivity contribution in [2.24, 2.45) is 0 Å². The molecule has 30 heavy (non-hydrogen) atoms. The first-order chi connectivity index (χ1) is 14.5. The summed E-state index contributed by atoms with van der Waals surface area (Å²) in [6, 6.07) is 11.9. The number of halogens is 1. The zero-order valence-electron chi connectivity index (χ0n) is 15.7. The summed E-state index contributed by atoms with van der Waals surface area (Å²) in [5, 5.41) is 7.20. The molecule has 0 bridgehead atoms. The Labute approximate surface area is 179 Å². The van der Waals surface area contributed by atoms with E-state index in [-0.39, 0.29) is 18.1 Å². The number of ether oxygens (including phenoxy) is 2. The predicted molar refractivity (Wildman–Crippen MR) is 114 cm³/mol. The number of rotatable bonds is 6. The number of benzene rings is 2. The van der Waals surface area contributed by atoms with Gasteiger partial charge in [0.25, 0.3) is 11.5 Å². The van der Waals surface area contributed by atoms with E-state index in [1.807, 2.05) is 0 Å². The van der Waals surface area contributed by atoms with Gasteiger partial charge in [-0.15, -0.1) is 0 Å². The molecule has 0 aliphatic heterocycles. The van der Waals surface area contributed by atoms with Gasteiger partial charge < -0.3 is 14.8 Å². The van der Waals surface area contributed by atoms with Gasteiger partial charge in [-0.1, -0.05) is 29.0 Å². The van der Waals surface area contributed by atoms with Crippen LogP contribution in [0.2, 0.25) is 5.02 Å². The molecule has 152 valence electrons. The first-order valence-electron chi connectivity index (χ1n) is 8.74. The highest BCUT2D eigenvalue weighted by Crippen LogP contribution is 2.28. The van der Waals surface area contributed by atoms with Gasteiger partial charge in [-0.2, -0.15) is 9.61 Å². The Balaban J connectivity index is 1.48. The third kappa shape index (κ3) is 4.27. The maximum absolute atomic E-state index is 12.3. The molecule has 4 rings (SSSR count). The third-order valence-corrected chi connectivity index (χ3v) is 5.32. The lowest BCUT2D eigenvalue weighted by Crippen LogP contribution is -2.23. The van der Waals surface area contributed by atoms with E-state index in [2.05, 4.69) is 15.4 Å². The van der Waals surface area contributed by atoms with Crippen LogP contribution in [0.15, 0.2) is 53.6 Å². The van der Waals surface area contributed by atoms with Gasteiger partial charge in [0.05, 0.1) is 11.6 Å². The molecule has 2 aromatic heterocycles. The summed E-state index contributed by atoms with van der Waals surface area (Å²) in [4.78, 5) is 29.0. The van der Waals surface area contributed by atoms with E-state index in [1.165, 1.54) is 29.3 Å². The molecule has 0 radical (unpaired) electrons. The molecule has 1 amide bonds. The maximum atomic E-state index is 12.3. The Morgan fingerprint density at radius 3 is 2.77 bits per heavy atom. The lowest BCUT2D eigenvalue weighted by molar-refractivity contribution is -0.118. The lowest BCUT2D eigenvalue weighted by Gasteiger charge is -2.11. The monoisotopic (exact) mass is 442 g/mol. The topological polar surface area (TPSA) is 94.8 Å². The first kappa shape index (κ1) is 19.9. The molecule has 0 saturated heterocycles. The Bertz CT molecular complexity index is 1320. The van der Waals surface area contributed by atoms with E-state index in [4.69, 9.17) is 21.1 Å². The fourth-order valence-corrected chi connectivity index (χ4v) is 3.70. The van der Waals surface area contributed by atoms with Crippen LogP contribution in [0, 0.1) is 0 Å². The van der Waals surface area contributed by atoms with Gasteiger partial charge in [-0.3, -0.25) is 9.59 Å². The highest BCUT2D eigenvalue weighted by atomic mass is 35.5. The molecule has 0 aliphatic carbocycles. The molecule has 1 N–H and O–H groups in total. The molecule has 0 unspecified atom stereocenters. The van der Waals surface area contributed by atoms with E-state index in [1.54, 1.807) is 48.5 Å². The van der Waals surface area contributed by atoms with Crippen molar-refractivity contribution >= 4 is 45.6 Å². The largest absolute Gasteiger partial charge is 0.493 e. The Kier molecular flexibility index (Phi) is 5.64. The van der Waals surface area contributed by atoms with Gasteiger partial charge >= 0.3 is 0 Å². The number of nitrogens with zero attached hydrogens (tertiary/aromatic N) is 3. The van der Waals surface area contributed by atoms with Crippen LogP contribution in [0.1, 0.15) is 5.56 Å². The predicted octanol–water partition coefficient (Wildman–Crippen LogP) is 2.38. The smallest absolute Gasteiger partial charge is 0.291 e. The molecular weight excluding hydrogens is 428 g/mol. The summed E-state index contributed by atoms with van der Waals surface area (Å²) >= 11 is 7.08. The second kappa shape index (κ2) is 8.52. The Hall–Kier alpha value is -3.43. The van der Waals surface area contributed by atoms with E-state index in [9.17, 15) is 9.59 Å². The number of hydrogen-bond acceptors (Lipinski definition) is 7. The average Bonchev–Trinajstić information content (AvgIpc) is 3.32. The van der Waals surface area contributed by atoms with Crippen molar-refractivity contribution < 1.29 is 14.3 Å². The van der Waals surface area contributed by atoms with Crippen molar-refractivity contribution in [3.8, 4) is 11.5 Å². The Morgan fingerprint density at radius 2 is 2.03 bits per heavy atom. The highest BCUT2D eigenvalue weighted by Gasteiger charge is 2.10. The molecule has 0 spiro atoms. The van der Waals surface area contributed by atoms with Crippen LogP contribution in [0.25, 0.3) is 11.0 Å². The number of aromatic nitrogens is 3. The number of carbonyl (C=O) groups excluding carboxylic acids is 1.